The van der Waals surface area contributed by atoms with Gasteiger partial charge in [0.1, 0.15) is 0 Å². The highest BCUT2D eigenvalue weighted by atomic mass is 16.5. The van der Waals surface area contributed by atoms with Crippen LogP contribution in [0.25, 0.3) is 0 Å². The fourth-order valence-electron chi connectivity index (χ4n) is 2.53. The van der Waals surface area contributed by atoms with Crippen molar-refractivity contribution in [1.29, 1.82) is 0 Å². The van der Waals surface area contributed by atoms with Crippen molar-refractivity contribution in [2.75, 3.05) is 0 Å². The normalized spacial score (nSPS) is 9.80. The molecule has 0 fully saturated rings. The largest absolute Gasteiger partial charge is 0.526 e. The zero-order valence-electron chi connectivity index (χ0n) is 13.9. The Morgan fingerprint density at radius 2 is 1.68 bits per heavy atom. The van der Waals surface area contributed by atoms with E-state index in [0.29, 0.717) is 6.42 Å². The Hall–Kier alpha value is -2.56. The van der Waals surface area contributed by atoms with Crippen molar-refractivity contribution in [3.8, 4) is 0 Å². The lowest BCUT2D eigenvalue weighted by atomic mass is 9.55. The Bertz CT molecular complexity index is 688. The zero-order valence-corrected chi connectivity index (χ0v) is 13.9. The van der Waals surface area contributed by atoms with Gasteiger partial charge in [0.2, 0.25) is 5.91 Å². The monoisotopic (exact) mass is 339 g/mol. The Labute approximate surface area is 150 Å². The summed E-state index contributed by atoms with van der Waals surface area (Å²) >= 11 is 0. The van der Waals surface area contributed by atoms with Crippen LogP contribution in [0.2, 0.25) is 0 Å². The van der Waals surface area contributed by atoms with Crippen LogP contribution in [-0.2, 0) is 20.7 Å². The van der Waals surface area contributed by atoms with Crippen LogP contribution in [-0.4, -0.2) is 18.8 Å². The third-order valence-electron chi connectivity index (χ3n) is 3.82. The van der Waals surface area contributed by atoms with Crippen molar-refractivity contribution in [3.05, 3.63) is 60.2 Å². The fourth-order valence-corrected chi connectivity index (χ4v) is 2.53. The highest BCUT2D eigenvalue weighted by Crippen LogP contribution is 2.03. The molecule has 0 radical (unpaired) electrons. The predicted octanol–water partition coefficient (Wildman–Crippen LogP) is 2.19. The molecule has 0 aromatic heterocycles. The maximum atomic E-state index is 12.2. The summed E-state index contributed by atoms with van der Waals surface area (Å²) in [7, 11) is 0. The molecule has 0 aliphatic carbocycles. The fraction of sp³-hybridized carbons (Fsp3) is 0.300. The number of amides is 1. The highest BCUT2D eigenvalue weighted by molar-refractivity contribution is 6.81. The molecule has 25 heavy (non-hydrogen) atoms. The SMILES string of the molecule is C.CCc1cccc(B(OC(=O)CCCC(N)=O)c2ccccc2)c1. The van der Waals surface area contributed by atoms with Crippen molar-refractivity contribution in [3.63, 3.8) is 0 Å². The van der Waals surface area contributed by atoms with Gasteiger partial charge in [0, 0.05) is 12.8 Å². The van der Waals surface area contributed by atoms with E-state index in [0.717, 1.165) is 17.3 Å². The molecule has 2 N–H and O–H groups in total. The van der Waals surface area contributed by atoms with Crippen molar-refractivity contribution < 1.29 is 14.2 Å². The van der Waals surface area contributed by atoms with Gasteiger partial charge in [-0.15, -0.1) is 0 Å². The first kappa shape index (κ1) is 20.5. The number of carbonyl (C=O) groups is 2. The summed E-state index contributed by atoms with van der Waals surface area (Å²) < 4.78 is 5.71. The van der Waals surface area contributed by atoms with Crippen LogP contribution in [0.5, 0.6) is 0 Å². The van der Waals surface area contributed by atoms with Crippen LogP contribution < -0.4 is 16.7 Å². The number of primary amides is 1. The number of nitrogens with two attached hydrogens (primary N) is 1. The predicted molar refractivity (Wildman–Crippen MR) is 103 cm³/mol. The summed E-state index contributed by atoms with van der Waals surface area (Å²) in [6.07, 6.45) is 1.70. The van der Waals surface area contributed by atoms with E-state index >= 15 is 0 Å². The second kappa shape index (κ2) is 10.3. The average Bonchev–Trinajstić information content (AvgIpc) is 2.60. The summed E-state index contributed by atoms with van der Waals surface area (Å²) in [6, 6.07) is 17.7. The summed E-state index contributed by atoms with van der Waals surface area (Å²) in [6.45, 7) is 1.64. The van der Waals surface area contributed by atoms with Crippen LogP contribution in [0.4, 0.5) is 0 Å². The number of rotatable bonds is 8. The molecular formula is C20H26BNO3. The molecule has 0 saturated heterocycles. The summed E-state index contributed by atoms with van der Waals surface area (Å²) in [5.74, 6) is -0.731. The Kier molecular flexibility index (Phi) is 8.47. The van der Waals surface area contributed by atoms with Gasteiger partial charge in [0.05, 0.1) is 0 Å². The zero-order chi connectivity index (χ0) is 17.4. The van der Waals surface area contributed by atoms with Crippen LogP contribution in [0, 0.1) is 0 Å². The number of hydrogen-bond donors (Lipinski definition) is 1. The van der Waals surface area contributed by atoms with E-state index in [4.69, 9.17) is 10.4 Å². The molecule has 0 atom stereocenters. The first-order valence-electron chi connectivity index (χ1n) is 8.21. The second-order valence-corrected chi connectivity index (χ2v) is 5.70. The molecule has 0 bridgehead atoms. The molecule has 2 rings (SSSR count). The van der Waals surface area contributed by atoms with Crippen molar-refractivity contribution in [2.45, 2.75) is 40.0 Å². The third-order valence-corrected chi connectivity index (χ3v) is 3.82. The molecule has 1 amide bonds. The van der Waals surface area contributed by atoms with E-state index in [2.05, 4.69) is 19.1 Å². The first-order chi connectivity index (χ1) is 11.6. The molecule has 0 unspecified atom stereocenters. The molecule has 0 aliphatic rings. The van der Waals surface area contributed by atoms with Gasteiger partial charge in [-0.25, -0.2) is 0 Å². The maximum absolute atomic E-state index is 12.2. The van der Waals surface area contributed by atoms with Gasteiger partial charge in [-0.3, -0.25) is 9.59 Å². The van der Waals surface area contributed by atoms with Crippen molar-refractivity contribution in [1.82, 2.24) is 0 Å². The smallest absolute Gasteiger partial charge is 0.429 e. The number of aryl methyl sites for hydroxylation is 1. The van der Waals surface area contributed by atoms with Gasteiger partial charge in [0.15, 0.2) is 0 Å². The Morgan fingerprint density at radius 3 is 2.32 bits per heavy atom. The molecule has 2 aromatic rings. The quantitative estimate of drug-likeness (QED) is 0.750. The molecule has 5 heteroatoms. The lowest BCUT2D eigenvalue weighted by Gasteiger charge is -2.16. The van der Waals surface area contributed by atoms with Gasteiger partial charge in [0.25, 0.3) is 5.97 Å². The van der Waals surface area contributed by atoms with E-state index in [1.165, 1.54) is 5.56 Å². The third kappa shape index (κ3) is 6.45. The molecule has 0 spiro atoms. The van der Waals surface area contributed by atoms with Crippen LogP contribution in [0.15, 0.2) is 54.6 Å². The number of hydrogen-bond acceptors (Lipinski definition) is 3. The van der Waals surface area contributed by atoms with E-state index in [9.17, 15) is 9.59 Å². The van der Waals surface area contributed by atoms with E-state index < -0.39 is 12.8 Å². The van der Waals surface area contributed by atoms with Gasteiger partial charge >= 0.3 is 6.92 Å². The minimum Gasteiger partial charge on any atom is -0.526 e. The first-order valence-corrected chi connectivity index (χ1v) is 8.21. The molecule has 132 valence electrons. The molecular weight excluding hydrogens is 313 g/mol. The van der Waals surface area contributed by atoms with E-state index in [1.807, 2.05) is 42.5 Å². The topological polar surface area (TPSA) is 69.4 Å². The van der Waals surface area contributed by atoms with Crippen LogP contribution in [0.1, 0.15) is 39.2 Å². The van der Waals surface area contributed by atoms with Gasteiger partial charge in [-0.1, -0.05) is 68.9 Å². The number of benzene rings is 2. The maximum Gasteiger partial charge on any atom is 0.429 e. The highest BCUT2D eigenvalue weighted by Gasteiger charge is 2.25. The Morgan fingerprint density at radius 1 is 1.00 bits per heavy atom. The summed E-state index contributed by atoms with van der Waals surface area (Å²) in [5, 5.41) is 0. The summed E-state index contributed by atoms with van der Waals surface area (Å²) in [5.41, 5.74) is 8.17. The Balaban J connectivity index is 0.00000312. The minimum atomic E-state index is -0.446. The van der Waals surface area contributed by atoms with E-state index in [1.54, 1.807) is 0 Å². The van der Waals surface area contributed by atoms with Gasteiger partial charge in [-0.2, -0.15) is 0 Å². The molecule has 0 heterocycles. The molecule has 4 nitrogen and oxygen atoms in total. The molecule has 0 aliphatic heterocycles. The lowest BCUT2D eigenvalue weighted by molar-refractivity contribution is -0.134. The van der Waals surface area contributed by atoms with Crippen molar-refractivity contribution >= 4 is 29.7 Å². The van der Waals surface area contributed by atoms with Crippen LogP contribution in [0.3, 0.4) is 0 Å². The van der Waals surface area contributed by atoms with Gasteiger partial charge in [-0.05, 0) is 29.3 Å². The number of carbonyl (C=O) groups excluding carboxylic acids is 2. The minimum absolute atomic E-state index is 0. The lowest BCUT2D eigenvalue weighted by Crippen LogP contribution is -2.46. The standard InChI is InChI=1S/C19H22BNO3.CH4/c1-2-15-8-6-11-17(14-15)20(16-9-4-3-5-10-16)24-19(23)13-7-12-18(21)22;/h3-6,8-11,14H,2,7,12-13H2,1H3,(H2,21,22);1H4. The second-order valence-electron chi connectivity index (χ2n) is 5.70. The van der Waals surface area contributed by atoms with Gasteiger partial charge < -0.3 is 10.4 Å². The van der Waals surface area contributed by atoms with Crippen molar-refractivity contribution in [2.24, 2.45) is 5.73 Å². The molecule has 0 saturated carbocycles. The summed E-state index contributed by atoms with van der Waals surface area (Å²) in [4.78, 5) is 22.9. The van der Waals surface area contributed by atoms with Crippen LogP contribution >= 0.6 is 0 Å². The average molecular weight is 339 g/mol. The molecule has 2 aromatic carbocycles. The van der Waals surface area contributed by atoms with E-state index in [-0.39, 0.29) is 26.2 Å².